The molecule has 1 saturated heterocycles. The largest absolute Gasteiger partial charge is 0.493 e. The Morgan fingerprint density at radius 2 is 2.17 bits per heavy atom. The summed E-state index contributed by atoms with van der Waals surface area (Å²) < 4.78 is 11.2. The van der Waals surface area contributed by atoms with Gasteiger partial charge in [0.05, 0.1) is 12.7 Å². The van der Waals surface area contributed by atoms with Gasteiger partial charge in [-0.05, 0) is 36.1 Å². The molecule has 154 valence electrons. The summed E-state index contributed by atoms with van der Waals surface area (Å²) in [7, 11) is 1.81. The third-order valence-electron chi connectivity index (χ3n) is 5.67. The Kier molecular flexibility index (Phi) is 5.90. The van der Waals surface area contributed by atoms with Gasteiger partial charge in [-0.3, -0.25) is 4.79 Å². The van der Waals surface area contributed by atoms with Crippen LogP contribution in [0.1, 0.15) is 17.5 Å². The van der Waals surface area contributed by atoms with Gasteiger partial charge in [-0.2, -0.15) is 0 Å². The first-order chi connectivity index (χ1) is 14.1. The van der Waals surface area contributed by atoms with Crippen LogP contribution in [0.25, 0.3) is 0 Å². The van der Waals surface area contributed by atoms with Gasteiger partial charge in [-0.15, -0.1) is 0 Å². The summed E-state index contributed by atoms with van der Waals surface area (Å²) in [6, 6.07) is 14.0. The van der Waals surface area contributed by atoms with Crippen molar-refractivity contribution in [2.75, 3.05) is 44.8 Å². The molecule has 1 amide bonds. The molecule has 2 heterocycles. The van der Waals surface area contributed by atoms with Crippen LogP contribution in [0.2, 0.25) is 0 Å². The molecule has 0 saturated carbocycles. The van der Waals surface area contributed by atoms with Gasteiger partial charge in [-0.1, -0.05) is 24.3 Å². The lowest BCUT2D eigenvalue weighted by molar-refractivity contribution is -0.132. The van der Waals surface area contributed by atoms with Crippen molar-refractivity contribution in [2.45, 2.75) is 25.4 Å². The average molecular weight is 396 g/mol. The van der Waals surface area contributed by atoms with Crippen LogP contribution in [0, 0.1) is 0 Å². The summed E-state index contributed by atoms with van der Waals surface area (Å²) in [5, 5.41) is 9.83. The van der Waals surface area contributed by atoms with E-state index in [9.17, 15) is 9.90 Å². The minimum absolute atomic E-state index is 0.00918. The van der Waals surface area contributed by atoms with Crippen LogP contribution in [-0.4, -0.2) is 61.9 Å². The van der Waals surface area contributed by atoms with Crippen LogP contribution in [0.5, 0.6) is 11.5 Å². The predicted octanol–water partition coefficient (Wildman–Crippen LogP) is 2.27. The Morgan fingerprint density at radius 3 is 3.00 bits per heavy atom. The summed E-state index contributed by atoms with van der Waals surface area (Å²) in [5.74, 6) is 1.46. The number of benzene rings is 2. The van der Waals surface area contributed by atoms with Crippen molar-refractivity contribution < 1.29 is 19.4 Å². The van der Waals surface area contributed by atoms with Crippen LogP contribution in [0.15, 0.2) is 42.5 Å². The van der Waals surface area contributed by atoms with E-state index in [0.717, 1.165) is 37.2 Å². The predicted molar refractivity (Wildman–Crippen MR) is 112 cm³/mol. The minimum Gasteiger partial charge on any atom is -0.493 e. The molecule has 0 spiro atoms. The number of anilines is 1. The summed E-state index contributed by atoms with van der Waals surface area (Å²) in [5.41, 5.74) is 3.53. The van der Waals surface area contributed by atoms with Gasteiger partial charge in [0.1, 0.15) is 11.5 Å². The quantitative estimate of drug-likeness (QED) is 0.778. The number of aliphatic hydroxyl groups is 1. The molecule has 2 aromatic rings. The van der Waals surface area contributed by atoms with Crippen LogP contribution >= 0.6 is 0 Å². The topological polar surface area (TPSA) is 62.2 Å². The maximum atomic E-state index is 12.5. The molecule has 0 bridgehead atoms. The van der Waals surface area contributed by atoms with Gasteiger partial charge >= 0.3 is 0 Å². The molecular formula is C23H28N2O4. The fraction of sp³-hybridized carbons (Fsp3) is 0.435. The normalized spacial score (nSPS) is 17.7. The highest BCUT2D eigenvalue weighted by Gasteiger charge is 2.22. The number of hydrogen-bond donors (Lipinski definition) is 1. The molecule has 4 rings (SSSR count). The molecule has 2 aliphatic rings. The molecule has 6 nitrogen and oxygen atoms in total. The first-order valence-corrected chi connectivity index (χ1v) is 10.2. The Hall–Kier alpha value is -2.73. The van der Waals surface area contributed by atoms with Crippen LogP contribution < -0.4 is 14.4 Å². The van der Waals surface area contributed by atoms with Crippen molar-refractivity contribution in [3.8, 4) is 11.5 Å². The smallest absolute Gasteiger partial charge is 0.260 e. The molecule has 1 N–H and O–H groups in total. The average Bonchev–Trinajstić information content (AvgIpc) is 3.38. The van der Waals surface area contributed by atoms with Gasteiger partial charge in [0.25, 0.3) is 5.91 Å². The number of carbonyl (C=O) groups excluding carboxylic acids is 1. The lowest BCUT2D eigenvalue weighted by Crippen LogP contribution is -2.33. The molecule has 1 fully saturated rings. The number of para-hydroxylation sites is 1. The zero-order valence-corrected chi connectivity index (χ0v) is 16.8. The Balaban J connectivity index is 1.29. The van der Waals surface area contributed by atoms with E-state index in [2.05, 4.69) is 17.0 Å². The summed E-state index contributed by atoms with van der Waals surface area (Å²) in [6.07, 6.45) is 2.24. The fourth-order valence-corrected chi connectivity index (χ4v) is 3.90. The molecule has 0 radical (unpaired) electrons. The molecule has 29 heavy (non-hydrogen) atoms. The number of ether oxygens (including phenoxy) is 2. The maximum Gasteiger partial charge on any atom is 0.260 e. The number of nitrogens with zero attached hydrogens (tertiary/aromatic N) is 2. The van der Waals surface area contributed by atoms with E-state index < -0.39 is 0 Å². The van der Waals surface area contributed by atoms with Gasteiger partial charge in [-0.25, -0.2) is 0 Å². The monoisotopic (exact) mass is 396 g/mol. The second-order valence-corrected chi connectivity index (χ2v) is 7.74. The highest BCUT2D eigenvalue weighted by Crippen LogP contribution is 2.29. The Bertz CT molecular complexity index is 870. The number of rotatable bonds is 7. The highest BCUT2D eigenvalue weighted by atomic mass is 16.5. The van der Waals surface area contributed by atoms with Gasteiger partial charge < -0.3 is 24.4 Å². The standard InChI is InChI=1S/C23H28N2O4/c1-24(23(27)16-29-20-7-6-18-10-13-28-22(18)14-20)11-8-17-4-2-3-5-21(17)25-12-9-19(26)15-25/h2-7,14,19,26H,8-13,15-16H2,1H3/t19-/m0/s1. The summed E-state index contributed by atoms with van der Waals surface area (Å²) >= 11 is 0. The number of β-amino-alcohol motifs (C(OH)–C–C–N with tert-alkyl or cyclic N) is 1. The van der Waals surface area contributed by atoms with Gasteiger partial charge in [0, 0.05) is 44.9 Å². The molecular weight excluding hydrogens is 368 g/mol. The van der Waals surface area contributed by atoms with E-state index in [1.807, 2.05) is 30.3 Å². The molecule has 6 heteroatoms. The lowest BCUT2D eigenvalue weighted by atomic mass is 10.1. The van der Waals surface area contributed by atoms with Gasteiger partial charge in [0.15, 0.2) is 6.61 Å². The minimum atomic E-state index is -0.255. The first kappa shape index (κ1) is 19.6. The van der Waals surface area contributed by atoms with E-state index >= 15 is 0 Å². The van der Waals surface area contributed by atoms with Crippen molar-refractivity contribution >= 4 is 11.6 Å². The summed E-state index contributed by atoms with van der Waals surface area (Å²) in [6.45, 7) is 2.87. The van der Waals surface area contributed by atoms with Crippen molar-refractivity contribution in [3.63, 3.8) is 0 Å². The zero-order chi connectivity index (χ0) is 20.2. The Morgan fingerprint density at radius 1 is 1.31 bits per heavy atom. The van der Waals surface area contributed by atoms with Crippen LogP contribution in [-0.2, 0) is 17.6 Å². The summed E-state index contributed by atoms with van der Waals surface area (Å²) in [4.78, 5) is 16.4. The molecule has 0 unspecified atom stereocenters. The number of fused-ring (bicyclic) bond motifs is 1. The first-order valence-electron chi connectivity index (χ1n) is 10.2. The lowest BCUT2D eigenvalue weighted by Gasteiger charge is -2.23. The number of amides is 1. The van der Waals surface area contributed by atoms with E-state index in [1.165, 1.54) is 11.1 Å². The third-order valence-corrected chi connectivity index (χ3v) is 5.67. The van der Waals surface area contributed by atoms with Gasteiger partial charge in [0.2, 0.25) is 0 Å². The van der Waals surface area contributed by atoms with E-state index in [0.29, 0.717) is 25.4 Å². The highest BCUT2D eigenvalue weighted by molar-refractivity contribution is 5.77. The second-order valence-electron chi connectivity index (χ2n) is 7.74. The van der Waals surface area contributed by atoms with Crippen molar-refractivity contribution in [1.29, 1.82) is 0 Å². The molecule has 2 aromatic carbocycles. The SMILES string of the molecule is CN(CCc1ccccc1N1CC[C@H](O)C1)C(=O)COc1ccc2c(c1)OCC2. The van der Waals surface area contributed by atoms with Crippen LogP contribution in [0.3, 0.4) is 0 Å². The molecule has 2 aliphatic heterocycles. The van der Waals surface area contributed by atoms with E-state index in [4.69, 9.17) is 9.47 Å². The maximum absolute atomic E-state index is 12.5. The number of carbonyl (C=O) groups is 1. The van der Waals surface area contributed by atoms with Crippen molar-refractivity contribution in [1.82, 2.24) is 4.90 Å². The van der Waals surface area contributed by atoms with E-state index in [-0.39, 0.29) is 18.6 Å². The van der Waals surface area contributed by atoms with Crippen LogP contribution in [0.4, 0.5) is 5.69 Å². The second kappa shape index (κ2) is 8.74. The molecule has 0 aromatic heterocycles. The van der Waals surface area contributed by atoms with Crippen molar-refractivity contribution in [3.05, 3.63) is 53.6 Å². The number of hydrogen-bond acceptors (Lipinski definition) is 5. The third kappa shape index (κ3) is 4.65. The number of likely N-dealkylation sites (N-methyl/N-ethyl adjacent to an activating group) is 1. The molecule has 1 atom stereocenters. The molecule has 0 aliphatic carbocycles. The van der Waals surface area contributed by atoms with E-state index in [1.54, 1.807) is 11.9 Å². The fourth-order valence-electron chi connectivity index (χ4n) is 3.90. The zero-order valence-electron chi connectivity index (χ0n) is 16.8. The Labute approximate surface area is 171 Å². The van der Waals surface area contributed by atoms with Crippen molar-refractivity contribution in [2.24, 2.45) is 0 Å². The number of aliphatic hydroxyl groups excluding tert-OH is 1.